The van der Waals surface area contributed by atoms with Gasteiger partial charge in [-0.1, -0.05) is 47.5 Å². The van der Waals surface area contributed by atoms with Crippen LogP contribution in [-0.4, -0.2) is 17.5 Å². The molecule has 6 heteroatoms. The molecular formula is C18H15ClN2O2S. The summed E-state index contributed by atoms with van der Waals surface area (Å²) >= 11 is 7.51. The normalized spacial score (nSPS) is 10.4. The van der Waals surface area contributed by atoms with Gasteiger partial charge in [-0.2, -0.15) is 0 Å². The Morgan fingerprint density at radius 1 is 1.21 bits per heavy atom. The van der Waals surface area contributed by atoms with Gasteiger partial charge in [0.25, 0.3) is 5.91 Å². The summed E-state index contributed by atoms with van der Waals surface area (Å²) in [5.74, 6) is 0.405. The number of benzene rings is 2. The monoisotopic (exact) mass is 358 g/mol. The van der Waals surface area contributed by atoms with Crippen molar-refractivity contribution in [3.8, 4) is 17.0 Å². The maximum Gasteiger partial charge on any atom is 0.264 e. The van der Waals surface area contributed by atoms with Crippen molar-refractivity contribution in [2.75, 3.05) is 11.9 Å². The van der Waals surface area contributed by atoms with Crippen LogP contribution < -0.4 is 10.1 Å². The summed E-state index contributed by atoms with van der Waals surface area (Å²) in [6.07, 6.45) is 0. The number of amides is 1. The van der Waals surface area contributed by atoms with Crippen LogP contribution in [0.1, 0.15) is 5.56 Å². The van der Waals surface area contributed by atoms with Crippen LogP contribution in [0.2, 0.25) is 5.02 Å². The quantitative estimate of drug-likeness (QED) is 0.713. The number of ether oxygens (including phenoxy) is 1. The lowest BCUT2D eigenvalue weighted by atomic mass is 10.2. The molecule has 3 aromatic rings. The molecule has 3 rings (SSSR count). The number of hydrogen-bond acceptors (Lipinski definition) is 4. The molecule has 4 nitrogen and oxygen atoms in total. The van der Waals surface area contributed by atoms with E-state index in [4.69, 9.17) is 16.3 Å². The molecule has 24 heavy (non-hydrogen) atoms. The number of halogens is 1. The van der Waals surface area contributed by atoms with Crippen molar-refractivity contribution >= 4 is 34.0 Å². The van der Waals surface area contributed by atoms with E-state index in [-0.39, 0.29) is 12.5 Å². The molecule has 1 N–H and O–H groups in total. The third-order valence-electron chi connectivity index (χ3n) is 3.29. The molecule has 0 radical (unpaired) electrons. The molecule has 122 valence electrons. The molecule has 1 amide bonds. The molecule has 0 unspecified atom stereocenters. The van der Waals surface area contributed by atoms with E-state index in [2.05, 4.69) is 10.3 Å². The topological polar surface area (TPSA) is 51.2 Å². The van der Waals surface area contributed by atoms with Crippen LogP contribution >= 0.6 is 22.9 Å². The number of nitrogens with zero attached hydrogens (tertiary/aromatic N) is 1. The number of anilines is 1. The second-order valence-electron chi connectivity index (χ2n) is 5.17. The average molecular weight is 359 g/mol. The number of aromatic nitrogens is 1. The molecule has 0 fully saturated rings. The molecule has 1 heterocycles. The van der Waals surface area contributed by atoms with Crippen LogP contribution in [0.15, 0.2) is 53.9 Å². The minimum absolute atomic E-state index is 0.0654. The Labute approximate surface area is 149 Å². The molecular weight excluding hydrogens is 344 g/mol. The van der Waals surface area contributed by atoms with Gasteiger partial charge in [0.1, 0.15) is 5.75 Å². The molecule has 0 aliphatic carbocycles. The summed E-state index contributed by atoms with van der Waals surface area (Å²) in [6.45, 7) is 1.93. The largest absolute Gasteiger partial charge is 0.484 e. The third-order valence-corrected chi connectivity index (χ3v) is 4.38. The Kier molecular flexibility index (Phi) is 5.13. The predicted molar refractivity (Wildman–Crippen MR) is 97.9 cm³/mol. The molecule has 0 spiro atoms. The summed E-state index contributed by atoms with van der Waals surface area (Å²) in [4.78, 5) is 16.4. The van der Waals surface area contributed by atoms with Gasteiger partial charge in [-0.25, -0.2) is 4.98 Å². The minimum atomic E-state index is -0.254. The molecule has 0 saturated heterocycles. The third kappa shape index (κ3) is 4.13. The lowest BCUT2D eigenvalue weighted by molar-refractivity contribution is -0.118. The van der Waals surface area contributed by atoms with Crippen LogP contribution in [0.3, 0.4) is 0 Å². The zero-order chi connectivity index (χ0) is 16.9. The Bertz CT molecular complexity index is 846. The second-order valence-corrected chi connectivity index (χ2v) is 6.43. The molecule has 0 aliphatic rings. The van der Waals surface area contributed by atoms with Crippen molar-refractivity contribution in [3.05, 3.63) is 64.5 Å². The number of aryl methyl sites for hydroxylation is 1. The van der Waals surface area contributed by atoms with Crippen molar-refractivity contribution in [2.45, 2.75) is 6.92 Å². The number of hydrogen-bond donors (Lipinski definition) is 1. The molecule has 0 atom stereocenters. The van der Waals surface area contributed by atoms with Crippen LogP contribution in [0.4, 0.5) is 5.13 Å². The van der Waals surface area contributed by atoms with E-state index in [1.165, 1.54) is 11.3 Å². The van der Waals surface area contributed by atoms with E-state index in [0.29, 0.717) is 15.9 Å². The van der Waals surface area contributed by atoms with Gasteiger partial charge in [-0.05, 0) is 25.1 Å². The van der Waals surface area contributed by atoms with Gasteiger partial charge in [0.2, 0.25) is 0 Å². The smallest absolute Gasteiger partial charge is 0.264 e. The first-order valence-electron chi connectivity index (χ1n) is 7.31. The maximum atomic E-state index is 12.0. The van der Waals surface area contributed by atoms with Crippen molar-refractivity contribution in [1.82, 2.24) is 4.98 Å². The highest BCUT2D eigenvalue weighted by Crippen LogP contribution is 2.30. The van der Waals surface area contributed by atoms with Crippen molar-refractivity contribution < 1.29 is 9.53 Å². The molecule has 0 aliphatic heterocycles. The summed E-state index contributed by atoms with van der Waals surface area (Å²) in [5.41, 5.74) is 2.72. The highest BCUT2D eigenvalue weighted by atomic mass is 35.5. The fourth-order valence-corrected chi connectivity index (χ4v) is 3.02. The molecule has 1 aromatic heterocycles. The highest BCUT2D eigenvalue weighted by molar-refractivity contribution is 7.14. The number of carbonyl (C=O) groups is 1. The second kappa shape index (κ2) is 7.47. The van der Waals surface area contributed by atoms with E-state index in [0.717, 1.165) is 16.8 Å². The van der Waals surface area contributed by atoms with Gasteiger partial charge in [0.05, 0.1) is 5.69 Å². The summed E-state index contributed by atoms with van der Waals surface area (Å²) in [7, 11) is 0. The first-order chi connectivity index (χ1) is 11.6. The number of nitrogens with one attached hydrogen (secondary N) is 1. The number of carbonyl (C=O) groups excluding carboxylic acids is 1. The zero-order valence-corrected chi connectivity index (χ0v) is 14.5. The highest BCUT2D eigenvalue weighted by Gasteiger charge is 2.10. The SMILES string of the molecule is Cc1ccc(OCC(=O)Nc2nc(-c3ccccc3Cl)cs2)cc1. The first-order valence-corrected chi connectivity index (χ1v) is 8.57. The lowest BCUT2D eigenvalue weighted by Crippen LogP contribution is -2.20. The number of rotatable bonds is 5. The van der Waals surface area contributed by atoms with E-state index in [1.54, 1.807) is 0 Å². The Morgan fingerprint density at radius 3 is 2.71 bits per heavy atom. The van der Waals surface area contributed by atoms with E-state index >= 15 is 0 Å². The lowest BCUT2D eigenvalue weighted by Gasteiger charge is -2.06. The summed E-state index contributed by atoms with van der Waals surface area (Å²) < 4.78 is 5.45. The van der Waals surface area contributed by atoms with Gasteiger partial charge >= 0.3 is 0 Å². The molecule has 2 aromatic carbocycles. The Morgan fingerprint density at radius 2 is 1.96 bits per heavy atom. The van der Waals surface area contributed by atoms with Crippen molar-refractivity contribution in [1.29, 1.82) is 0 Å². The zero-order valence-electron chi connectivity index (χ0n) is 13.0. The Hall–Kier alpha value is -2.37. The van der Waals surface area contributed by atoms with E-state index < -0.39 is 0 Å². The summed E-state index contributed by atoms with van der Waals surface area (Å²) in [5, 5.41) is 5.74. The fraction of sp³-hybridized carbons (Fsp3) is 0.111. The van der Waals surface area contributed by atoms with E-state index in [9.17, 15) is 4.79 Å². The van der Waals surface area contributed by atoms with Crippen LogP contribution in [0.25, 0.3) is 11.3 Å². The fourth-order valence-electron chi connectivity index (χ4n) is 2.06. The first kappa shape index (κ1) is 16.5. The summed E-state index contributed by atoms with van der Waals surface area (Å²) in [6, 6.07) is 15.0. The predicted octanol–water partition coefficient (Wildman–Crippen LogP) is 4.79. The average Bonchev–Trinajstić information content (AvgIpc) is 3.03. The Balaban J connectivity index is 1.59. The van der Waals surface area contributed by atoms with Crippen molar-refractivity contribution in [3.63, 3.8) is 0 Å². The van der Waals surface area contributed by atoms with Crippen LogP contribution in [-0.2, 0) is 4.79 Å². The minimum Gasteiger partial charge on any atom is -0.484 e. The van der Waals surface area contributed by atoms with Crippen molar-refractivity contribution in [2.24, 2.45) is 0 Å². The van der Waals surface area contributed by atoms with Gasteiger partial charge in [0, 0.05) is 16.0 Å². The van der Waals surface area contributed by atoms with Crippen LogP contribution in [0.5, 0.6) is 5.75 Å². The molecule has 0 saturated carbocycles. The molecule has 0 bridgehead atoms. The van der Waals surface area contributed by atoms with Gasteiger partial charge in [-0.3, -0.25) is 10.1 Å². The van der Waals surface area contributed by atoms with Crippen LogP contribution in [0, 0.1) is 6.92 Å². The van der Waals surface area contributed by atoms with Gasteiger partial charge in [-0.15, -0.1) is 11.3 Å². The van der Waals surface area contributed by atoms with Gasteiger partial charge in [0.15, 0.2) is 11.7 Å². The van der Waals surface area contributed by atoms with E-state index in [1.807, 2.05) is 60.8 Å². The maximum absolute atomic E-state index is 12.0. The standard InChI is InChI=1S/C18H15ClN2O2S/c1-12-6-8-13(9-7-12)23-10-17(22)21-18-20-16(11-24-18)14-4-2-3-5-15(14)19/h2-9,11H,10H2,1H3,(H,20,21,22). The van der Waals surface area contributed by atoms with Gasteiger partial charge < -0.3 is 4.74 Å². The number of thiazole rings is 1.